The first-order chi connectivity index (χ1) is 17.5. The van der Waals surface area contributed by atoms with Crippen molar-refractivity contribution in [2.75, 3.05) is 39.3 Å². The number of rotatable bonds is 6. The van der Waals surface area contributed by atoms with E-state index in [2.05, 4.69) is 35.8 Å². The van der Waals surface area contributed by atoms with Gasteiger partial charge in [0, 0.05) is 74.9 Å². The molecule has 0 unspecified atom stereocenters. The van der Waals surface area contributed by atoms with Crippen LogP contribution in [0.5, 0.6) is 0 Å². The average molecular weight is 487 g/mol. The molecule has 0 saturated carbocycles. The molecule has 7 nitrogen and oxygen atoms in total. The van der Waals surface area contributed by atoms with E-state index in [9.17, 15) is 9.59 Å². The topological polar surface area (TPSA) is 66.0 Å². The Balaban J connectivity index is 1.25. The van der Waals surface area contributed by atoms with E-state index in [1.807, 2.05) is 42.5 Å². The number of fused-ring (bicyclic) bond motifs is 2. The Kier molecular flexibility index (Phi) is 7.30. The summed E-state index contributed by atoms with van der Waals surface area (Å²) in [6, 6.07) is 18.4. The molecule has 1 aromatic heterocycles. The van der Waals surface area contributed by atoms with Crippen LogP contribution in [0.2, 0.25) is 0 Å². The van der Waals surface area contributed by atoms with Crippen molar-refractivity contribution in [2.45, 2.75) is 39.4 Å². The molecule has 36 heavy (non-hydrogen) atoms. The van der Waals surface area contributed by atoms with Crippen molar-refractivity contribution in [3.05, 3.63) is 77.0 Å². The van der Waals surface area contributed by atoms with Gasteiger partial charge in [0.2, 0.25) is 0 Å². The summed E-state index contributed by atoms with van der Waals surface area (Å²) in [6.45, 7) is 9.43. The molecule has 1 amide bonds. The highest BCUT2D eigenvalue weighted by Crippen LogP contribution is 2.29. The molecule has 0 N–H and O–H groups in total. The van der Waals surface area contributed by atoms with Crippen molar-refractivity contribution in [3.63, 3.8) is 0 Å². The summed E-state index contributed by atoms with van der Waals surface area (Å²) in [4.78, 5) is 37.6. The maximum absolute atomic E-state index is 13.4. The van der Waals surface area contributed by atoms with Crippen molar-refractivity contribution in [1.29, 1.82) is 0 Å². The Labute approximate surface area is 212 Å². The van der Waals surface area contributed by atoms with E-state index in [0.29, 0.717) is 31.2 Å². The van der Waals surface area contributed by atoms with E-state index in [1.54, 1.807) is 4.90 Å². The summed E-state index contributed by atoms with van der Waals surface area (Å²) in [5.74, 6) is -0.578. The number of carbonyl (C=O) groups excluding carboxylic acids is 2. The number of hydrogen-bond acceptors (Lipinski definition) is 6. The van der Waals surface area contributed by atoms with Gasteiger partial charge in [0.1, 0.15) is 0 Å². The van der Waals surface area contributed by atoms with Gasteiger partial charge in [-0.05, 0) is 25.5 Å². The van der Waals surface area contributed by atoms with E-state index in [-0.39, 0.29) is 12.5 Å². The van der Waals surface area contributed by atoms with Crippen LogP contribution >= 0.6 is 0 Å². The number of nitrogens with zero attached hydrogens (tertiary/aromatic N) is 4. The van der Waals surface area contributed by atoms with Gasteiger partial charge in [0.15, 0.2) is 6.61 Å². The lowest BCUT2D eigenvalue weighted by Gasteiger charge is -2.34. The van der Waals surface area contributed by atoms with Gasteiger partial charge in [0.05, 0.1) is 11.1 Å². The Morgan fingerprint density at radius 2 is 1.67 bits per heavy atom. The van der Waals surface area contributed by atoms with Gasteiger partial charge in [-0.2, -0.15) is 0 Å². The van der Waals surface area contributed by atoms with Crippen LogP contribution in [0.1, 0.15) is 41.0 Å². The van der Waals surface area contributed by atoms with Crippen molar-refractivity contribution in [1.82, 2.24) is 19.7 Å². The lowest BCUT2D eigenvalue weighted by atomic mass is 9.95. The van der Waals surface area contributed by atoms with Crippen molar-refractivity contribution < 1.29 is 14.3 Å². The van der Waals surface area contributed by atoms with Gasteiger partial charge < -0.3 is 9.64 Å². The zero-order chi connectivity index (χ0) is 25.1. The summed E-state index contributed by atoms with van der Waals surface area (Å²) in [7, 11) is 0. The molecule has 3 heterocycles. The minimum atomic E-state index is -0.438. The third-order valence-electron chi connectivity index (χ3n) is 7.31. The molecule has 2 aromatic carbocycles. The lowest BCUT2D eigenvalue weighted by molar-refractivity contribution is -0.136. The van der Waals surface area contributed by atoms with Gasteiger partial charge in [-0.1, -0.05) is 48.5 Å². The highest BCUT2D eigenvalue weighted by molar-refractivity contribution is 6.05. The predicted molar refractivity (Wildman–Crippen MR) is 140 cm³/mol. The zero-order valence-electron chi connectivity index (χ0n) is 21.2. The van der Waals surface area contributed by atoms with Gasteiger partial charge >= 0.3 is 5.97 Å². The number of piperazine rings is 1. The van der Waals surface area contributed by atoms with Crippen LogP contribution in [0.4, 0.5) is 0 Å². The fraction of sp³-hybridized carbons (Fsp3) is 0.414. The van der Waals surface area contributed by atoms with Gasteiger partial charge in [-0.25, -0.2) is 4.79 Å². The molecule has 2 aliphatic rings. The van der Waals surface area contributed by atoms with Crippen LogP contribution in [0.3, 0.4) is 0 Å². The molecule has 0 atom stereocenters. The third-order valence-corrected chi connectivity index (χ3v) is 7.31. The minimum absolute atomic E-state index is 0.140. The van der Waals surface area contributed by atoms with E-state index in [1.165, 1.54) is 5.56 Å². The normalized spacial score (nSPS) is 16.8. The smallest absolute Gasteiger partial charge is 0.339 e. The maximum atomic E-state index is 13.4. The summed E-state index contributed by atoms with van der Waals surface area (Å²) < 4.78 is 5.65. The average Bonchev–Trinajstić information content (AvgIpc) is 2.90. The Morgan fingerprint density at radius 1 is 0.944 bits per heavy atom. The van der Waals surface area contributed by atoms with Crippen molar-refractivity contribution in [3.8, 4) is 0 Å². The van der Waals surface area contributed by atoms with Gasteiger partial charge in [0.25, 0.3) is 5.91 Å². The largest absolute Gasteiger partial charge is 0.452 e. The minimum Gasteiger partial charge on any atom is -0.452 e. The molecule has 1 fully saturated rings. The fourth-order valence-corrected chi connectivity index (χ4v) is 5.17. The summed E-state index contributed by atoms with van der Waals surface area (Å²) >= 11 is 0. The summed E-state index contributed by atoms with van der Waals surface area (Å²) in [5.41, 5.74) is 4.51. The number of pyridine rings is 1. The third kappa shape index (κ3) is 5.27. The molecule has 2 aliphatic heterocycles. The number of ether oxygens (including phenoxy) is 1. The molecular formula is C29H34N4O3. The first kappa shape index (κ1) is 24.4. The van der Waals surface area contributed by atoms with Crippen molar-refractivity contribution >= 4 is 22.8 Å². The fourth-order valence-electron chi connectivity index (χ4n) is 5.17. The molecular weight excluding hydrogens is 452 g/mol. The first-order valence-electron chi connectivity index (χ1n) is 12.9. The first-order valence-corrected chi connectivity index (χ1v) is 12.9. The highest BCUT2D eigenvalue weighted by atomic mass is 16.5. The predicted octanol–water partition coefficient (Wildman–Crippen LogP) is 3.50. The quantitative estimate of drug-likeness (QED) is 0.497. The number of hydrogen-bond donors (Lipinski definition) is 0. The second-order valence-corrected chi connectivity index (χ2v) is 9.96. The SMILES string of the molecule is CC(C)N1CCc2nc3ccccc3c(C(=O)OCC(=O)N3CCN(Cc4ccccc4)CC3)c2C1. The van der Waals surface area contributed by atoms with Gasteiger partial charge in [-0.3, -0.25) is 19.6 Å². The highest BCUT2D eigenvalue weighted by Gasteiger charge is 2.29. The Morgan fingerprint density at radius 3 is 2.42 bits per heavy atom. The van der Waals surface area contributed by atoms with E-state index >= 15 is 0 Å². The van der Waals surface area contributed by atoms with Crippen molar-refractivity contribution in [2.24, 2.45) is 0 Å². The number of benzene rings is 2. The van der Waals surface area contributed by atoms with E-state index in [4.69, 9.17) is 9.72 Å². The second kappa shape index (κ2) is 10.8. The number of esters is 1. The van der Waals surface area contributed by atoms with E-state index in [0.717, 1.165) is 54.8 Å². The van der Waals surface area contributed by atoms with Crippen LogP contribution in [0.25, 0.3) is 10.9 Å². The Hall–Kier alpha value is -3.29. The van der Waals surface area contributed by atoms with E-state index < -0.39 is 5.97 Å². The molecule has 0 aliphatic carbocycles. The molecule has 0 radical (unpaired) electrons. The van der Waals surface area contributed by atoms with Gasteiger partial charge in [-0.15, -0.1) is 0 Å². The molecule has 188 valence electrons. The maximum Gasteiger partial charge on any atom is 0.339 e. The number of aromatic nitrogens is 1. The van der Waals surface area contributed by atoms with Crippen LogP contribution in [-0.2, 0) is 29.0 Å². The Bertz CT molecular complexity index is 1240. The molecule has 1 saturated heterocycles. The lowest BCUT2D eigenvalue weighted by Crippen LogP contribution is -2.49. The standard InChI is InChI=1S/C29H34N4O3/c1-21(2)33-13-12-26-24(19-33)28(23-10-6-7-11-25(23)30-26)29(35)36-20-27(34)32-16-14-31(15-17-32)18-22-8-4-3-5-9-22/h3-11,21H,12-20H2,1-2H3. The summed E-state index contributed by atoms with van der Waals surface area (Å²) in [5, 5.41) is 0.786. The molecule has 3 aromatic rings. The summed E-state index contributed by atoms with van der Waals surface area (Å²) in [6.07, 6.45) is 0.796. The monoisotopic (exact) mass is 486 g/mol. The number of carbonyl (C=O) groups is 2. The zero-order valence-corrected chi connectivity index (χ0v) is 21.2. The van der Waals surface area contributed by atoms with Crippen LogP contribution in [0, 0.1) is 0 Å². The van der Waals surface area contributed by atoms with Crippen LogP contribution in [-0.4, -0.2) is 76.9 Å². The number of para-hydroxylation sites is 1. The molecule has 5 rings (SSSR count). The molecule has 0 bridgehead atoms. The molecule has 0 spiro atoms. The second-order valence-electron chi connectivity index (χ2n) is 9.96. The molecule has 7 heteroatoms. The number of amides is 1. The van der Waals surface area contributed by atoms with Crippen LogP contribution in [0.15, 0.2) is 54.6 Å². The van der Waals surface area contributed by atoms with Crippen LogP contribution < -0.4 is 0 Å².